The van der Waals surface area contributed by atoms with E-state index in [4.69, 9.17) is 5.73 Å². The number of alkyl halides is 3. The van der Waals surface area contributed by atoms with Crippen LogP contribution in [0.15, 0.2) is 0 Å². The zero-order valence-electron chi connectivity index (χ0n) is 10.6. The van der Waals surface area contributed by atoms with Crippen molar-refractivity contribution in [2.75, 3.05) is 20.2 Å². The first-order valence-corrected chi connectivity index (χ1v) is 5.59. The first kappa shape index (κ1) is 15.5. The molecule has 0 aromatic heterocycles. The lowest BCUT2D eigenvalue weighted by Gasteiger charge is -2.30. The van der Waals surface area contributed by atoms with Crippen molar-refractivity contribution in [3.05, 3.63) is 0 Å². The van der Waals surface area contributed by atoms with Gasteiger partial charge in [-0.2, -0.15) is 13.2 Å². The normalized spacial score (nSPS) is 22.8. The van der Waals surface area contributed by atoms with Crippen molar-refractivity contribution in [3.63, 3.8) is 0 Å². The van der Waals surface area contributed by atoms with Crippen LogP contribution < -0.4 is 11.1 Å². The molecule has 1 aliphatic rings. The van der Waals surface area contributed by atoms with Crippen LogP contribution in [0, 0.1) is 0 Å². The molecule has 1 saturated heterocycles. The summed E-state index contributed by atoms with van der Waals surface area (Å²) in [5.74, 6) is -1.20. The average molecular weight is 283 g/mol. The van der Waals surface area contributed by atoms with Gasteiger partial charge in [-0.1, -0.05) is 0 Å². The molecule has 0 bridgehead atoms. The summed E-state index contributed by atoms with van der Waals surface area (Å²) in [4.78, 5) is 23.7. The maximum absolute atomic E-state index is 12.6. The van der Waals surface area contributed by atoms with Crippen molar-refractivity contribution in [1.29, 1.82) is 0 Å². The highest BCUT2D eigenvalue weighted by Crippen LogP contribution is 2.30. The minimum Gasteiger partial charge on any atom is -0.453 e. The van der Waals surface area contributed by atoms with Gasteiger partial charge in [-0.15, -0.1) is 0 Å². The van der Waals surface area contributed by atoms with Crippen LogP contribution in [0.5, 0.6) is 0 Å². The zero-order chi connectivity index (χ0) is 14.8. The Kier molecular flexibility index (Phi) is 4.28. The van der Waals surface area contributed by atoms with E-state index >= 15 is 0 Å². The fraction of sp³-hybridized carbons (Fsp3) is 0.800. The molecule has 0 saturated carbocycles. The summed E-state index contributed by atoms with van der Waals surface area (Å²) in [6, 6.07) is -0.430. The van der Waals surface area contributed by atoms with E-state index in [1.165, 1.54) is 7.11 Å². The Bertz CT molecular complexity index is 371. The topological polar surface area (TPSA) is 84.7 Å². The molecule has 19 heavy (non-hydrogen) atoms. The Balaban J connectivity index is 2.65. The molecule has 0 aromatic carbocycles. The number of nitrogens with one attached hydrogen (secondary N) is 1. The summed E-state index contributed by atoms with van der Waals surface area (Å²) in [5.41, 5.74) is 2.14. The number of methoxy groups -OCH3 is 1. The summed E-state index contributed by atoms with van der Waals surface area (Å²) in [6.45, 7) is 0.726. The SMILES string of the molecule is COC(=O)NC1CCN(C(=O)C(C)(N)C(F)(F)F)C1. The van der Waals surface area contributed by atoms with Crippen LogP contribution in [0.25, 0.3) is 0 Å². The molecule has 2 amide bonds. The summed E-state index contributed by atoms with van der Waals surface area (Å²) in [6.07, 6.45) is -5.15. The second-order valence-electron chi connectivity index (χ2n) is 4.57. The lowest BCUT2D eigenvalue weighted by molar-refractivity contribution is -0.193. The third-order valence-corrected chi connectivity index (χ3v) is 3.02. The van der Waals surface area contributed by atoms with Crippen LogP contribution in [0.3, 0.4) is 0 Å². The molecule has 3 N–H and O–H groups in total. The van der Waals surface area contributed by atoms with Crippen LogP contribution in [0.2, 0.25) is 0 Å². The molecule has 2 unspecified atom stereocenters. The Hall–Kier alpha value is -1.51. The van der Waals surface area contributed by atoms with E-state index in [0.29, 0.717) is 13.3 Å². The van der Waals surface area contributed by atoms with Gasteiger partial charge in [0.2, 0.25) is 0 Å². The van der Waals surface area contributed by atoms with Crippen molar-refractivity contribution in [1.82, 2.24) is 10.2 Å². The number of halogens is 3. The van der Waals surface area contributed by atoms with E-state index in [0.717, 1.165) is 4.90 Å². The van der Waals surface area contributed by atoms with Gasteiger partial charge in [0.15, 0.2) is 5.54 Å². The molecule has 6 nitrogen and oxygen atoms in total. The van der Waals surface area contributed by atoms with Gasteiger partial charge in [0.05, 0.1) is 13.2 Å². The minimum atomic E-state index is -4.82. The number of likely N-dealkylation sites (tertiary alicyclic amines) is 1. The Morgan fingerprint density at radius 1 is 1.42 bits per heavy atom. The highest BCUT2D eigenvalue weighted by atomic mass is 19.4. The molecular formula is C10H16F3N3O3. The second-order valence-corrected chi connectivity index (χ2v) is 4.57. The average Bonchev–Trinajstić information content (AvgIpc) is 2.74. The first-order valence-electron chi connectivity index (χ1n) is 5.59. The number of carbonyl (C=O) groups is 2. The predicted octanol–water partition coefficient (Wildman–Crippen LogP) is 0.223. The highest BCUT2D eigenvalue weighted by Gasteiger charge is 2.55. The minimum absolute atomic E-state index is 0.0171. The van der Waals surface area contributed by atoms with Gasteiger partial charge in [0.1, 0.15) is 0 Å². The lowest BCUT2D eigenvalue weighted by atomic mass is 10.0. The molecular weight excluding hydrogens is 267 g/mol. The molecule has 1 heterocycles. The van der Waals surface area contributed by atoms with E-state index in [9.17, 15) is 22.8 Å². The van der Waals surface area contributed by atoms with E-state index in [1.807, 2.05) is 0 Å². The van der Waals surface area contributed by atoms with Crippen LogP contribution in [0.1, 0.15) is 13.3 Å². The number of hydrogen-bond acceptors (Lipinski definition) is 4. The number of amides is 2. The van der Waals surface area contributed by atoms with Gasteiger partial charge in [-0.25, -0.2) is 4.79 Å². The summed E-state index contributed by atoms with van der Waals surface area (Å²) >= 11 is 0. The third-order valence-electron chi connectivity index (χ3n) is 3.02. The Labute approximate surface area is 108 Å². The first-order chi connectivity index (χ1) is 8.59. The summed E-state index contributed by atoms with van der Waals surface area (Å²) in [7, 11) is 1.17. The van der Waals surface area contributed by atoms with E-state index < -0.39 is 29.8 Å². The van der Waals surface area contributed by atoms with Crippen LogP contribution >= 0.6 is 0 Å². The van der Waals surface area contributed by atoms with Gasteiger partial charge >= 0.3 is 12.3 Å². The second kappa shape index (κ2) is 5.24. The fourth-order valence-corrected chi connectivity index (χ4v) is 1.74. The van der Waals surface area contributed by atoms with Gasteiger partial charge < -0.3 is 20.7 Å². The molecule has 2 atom stereocenters. The largest absolute Gasteiger partial charge is 0.453 e. The molecule has 1 rings (SSSR count). The van der Waals surface area contributed by atoms with E-state index in [1.54, 1.807) is 0 Å². The van der Waals surface area contributed by atoms with Gasteiger partial charge in [-0.05, 0) is 13.3 Å². The highest BCUT2D eigenvalue weighted by molar-refractivity contribution is 5.87. The summed E-state index contributed by atoms with van der Waals surface area (Å²) < 4.78 is 42.3. The smallest absolute Gasteiger partial charge is 0.415 e. The molecule has 0 aliphatic carbocycles. The van der Waals surface area contributed by atoms with Crippen molar-refractivity contribution < 1.29 is 27.5 Å². The fourth-order valence-electron chi connectivity index (χ4n) is 1.74. The standard InChI is InChI=1S/C10H16F3N3O3/c1-9(14,10(11,12)13)7(17)16-4-3-6(5-16)15-8(18)19-2/h6H,3-5,14H2,1-2H3,(H,15,18). The number of carbonyl (C=O) groups excluding carboxylic acids is 2. The predicted molar refractivity (Wildman–Crippen MR) is 59.2 cm³/mol. The Morgan fingerprint density at radius 2 is 2.00 bits per heavy atom. The van der Waals surface area contributed by atoms with Crippen molar-refractivity contribution in [3.8, 4) is 0 Å². The number of nitrogens with two attached hydrogens (primary N) is 1. The van der Waals surface area contributed by atoms with E-state index in [2.05, 4.69) is 10.1 Å². The molecule has 1 aliphatic heterocycles. The molecule has 0 radical (unpaired) electrons. The number of alkyl carbamates (subject to hydrolysis) is 1. The molecule has 0 spiro atoms. The molecule has 1 fully saturated rings. The van der Waals surface area contributed by atoms with Crippen LogP contribution in [-0.4, -0.2) is 54.9 Å². The van der Waals surface area contributed by atoms with Crippen LogP contribution in [-0.2, 0) is 9.53 Å². The number of rotatable bonds is 2. The molecule has 110 valence electrons. The van der Waals surface area contributed by atoms with Gasteiger partial charge in [0.25, 0.3) is 5.91 Å². The van der Waals surface area contributed by atoms with Gasteiger partial charge in [0, 0.05) is 13.1 Å². The zero-order valence-corrected chi connectivity index (χ0v) is 10.6. The maximum atomic E-state index is 12.6. The monoisotopic (exact) mass is 283 g/mol. The number of nitrogens with zero attached hydrogens (tertiary/aromatic N) is 1. The molecule has 9 heteroatoms. The third kappa shape index (κ3) is 3.28. The number of hydrogen-bond donors (Lipinski definition) is 2. The van der Waals surface area contributed by atoms with Crippen molar-refractivity contribution in [2.24, 2.45) is 5.73 Å². The van der Waals surface area contributed by atoms with Crippen LogP contribution in [0.4, 0.5) is 18.0 Å². The molecule has 0 aromatic rings. The quantitative estimate of drug-likeness (QED) is 0.759. The van der Waals surface area contributed by atoms with Crippen molar-refractivity contribution in [2.45, 2.75) is 31.1 Å². The van der Waals surface area contributed by atoms with Crippen molar-refractivity contribution >= 4 is 12.0 Å². The number of ether oxygens (including phenoxy) is 1. The lowest BCUT2D eigenvalue weighted by Crippen LogP contribution is -2.62. The summed E-state index contributed by atoms with van der Waals surface area (Å²) in [5, 5.41) is 2.43. The Morgan fingerprint density at radius 3 is 2.47 bits per heavy atom. The van der Waals surface area contributed by atoms with Gasteiger partial charge in [-0.3, -0.25) is 4.79 Å². The maximum Gasteiger partial charge on any atom is 0.415 e. The van der Waals surface area contributed by atoms with E-state index in [-0.39, 0.29) is 13.1 Å².